The zero-order valence-corrected chi connectivity index (χ0v) is 19.5. The van der Waals surface area contributed by atoms with E-state index in [1.165, 1.54) is 12.8 Å². The van der Waals surface area contributed by atoms with Gasteiger partial charge in [0.1, 0.15) is 11.3 Å². The van der Waals surface area contributed by atoms with Gasteiger partial charge in [-0.2, -0.15) is 5.10 Å². The van der Waals surface area contributed by atoms with Crippen LogP contribution in [0.25, 0.3) is 33.2 Å². The van der Waals surface area contributed by atoms with Gasteiger partial charge in [-0.3, -0.25) is 4.68 Å². The number of nitrogens with one attached hydrogen (secondary N) is 1. The Labute approximate surface area is 196 Å². The Kier molecular flexibility index (Phi) is 4.69. The van der Waals surface area contributed by atoms with Gasteiger partial charge in [-0.05, 0) is 45.6 Å². The largest absolute Gasteiger partial charge is 0.389 e. The molecule has 9 heteroatoms. The molecule has 2 bridgehead atoms. The molecule has 0 spiro atoms. The highest BCUT2D eigenvalue weighted by molar-refractivity contribution is 6.38. The molecule has 6 rings (SSSR count). The van der Waals surface area contributed by atoms with Crippen LogP contribution < -0.4 is 10.6 Å². The second kappa shape index (κ2) is 7.41. The Morgan fingerprint density at radius 1 is 1.21 bits per heavy atom. The molecule has 5 heterocycles. The first-order valence-corrected chi connectivity index (χ1v) is 11.9. The van der Waals surface area contributed by atoms with Crippen LogP contribution in [0.5, 0.6) is 0 Å². The molecule has 33 heavy (non-hydrogen) atoms. The number of H-pyrrole nitrogens is 1. The van der Waals surface area contributed by atoms with Crippen LogP contribution in [0.2, 0.25) is 5.02 Å². The minimum Gasteiger partial charge on any atom is -0.389 e. The van der Waals surface area contributed by atoms with Crippen LogP contribution in [-0.2, 0) is 6.54 Å². The van der Waals surface area contributed by atoms with Crippen molar-refractivity contribution in [3.8, 4) is 11.1 Å². The van der Waals surface area contributed by atoms with Crippen LogP contribution in [0, 0.1) is 0 Å². The van der Waals surface area contributed by atoms with Crippen molar-refractivity contribution < 1.29 is 5.11 Å². The number of aromatic nitrogens is 5. The maximum absolute atomic E-state index is 10.1. The zero-order chi connectivity index (χ0) is 22.9. The van der Waals surface area contributed by atoms with Crippen LogP contribution in [0.4, 0.5) is 5.82 Å². The summed E-state index contributed by atoms with van der Waals surface area (Å²) in [6.45, 7) is 3.90. The summed E-state index contributed by atoms with van der Waals surface area (Å²) < 4.78 is 1.74. The molecule has 3 aromatic heterocycles. The van der Waals surface area contributed by atoms with Gasteiger partial charge in [0.2, 0.25) is 0 Å². The Morgan fingerprint density at radius 3 is 2.70 bits per heavy atom. The molecule has 4 N–H and O–H groups in total. The number of aromatic amines is 1. The Bertz CT molecular complexity index is 1340. The Morgan fingerprint density at radius 2 is 1.97 bits per heavy atom. The van der Waals surface area contributed by atoms with Gasteiger partial charge in [-0.15, -0.1) is 0 Å². The molecule has 4 aromatic rings. The summed E-state index contributed by atoms with van der Waals surface area (Å²) in [6, 6.07) is 5.12. The quantitative estimate of drug-likeness (QED) is 0.422. The first-order chi connectivity index (χ1) is 15.8. The van der Waals surface area contributed by atoms with E-state index in [4.69, 9.17) is 27.3 Å². The van der Waals surface area contributed by atoms with E-state index in [1.807, 2.05) is 30.7 Å². The van der Waals surface area contributed by atoms with Crippen molar-refractivity contribution in [3.05, 3.63) is 35.7 Å². The summed E-state index contributed by atoms with van der Waals surface area (Å²) in [5, 5.41) is 16.1. The van der Waals surface area contributed by atoms with Crippen LogP contribution in [0.15, 0.2) is 30.7 Å². The standard InChI is InChI=1S/C24H28ClN7O/c1-24(2,33)12-31-11-18-19(30-31)6-5-16(21(18)25)17-9-28-23-22(17)27-10-20(29-23)32-14-3-4-15(32)8-13(26)7-14/h5-6,9-11,13-15,33H,3-4,7-8,12,26H2,1-2H3,(H,28,29)/t13?,14-,15+. The van der Waals surface area contributed by atoms with Crippen molar-refractivity contribution in [1.82, 2.24) is 24.7 Å². The number of anilines is 1. The summed E-state index contributed by atoms with van der Waals surface area (Å²) in [6.07, 6.45) is 10.1. The number of halogens is 1. The molecule has 2 saturated heterocycles. The van der Waals surface area contributed by atoms with E-state index in [-0.39, 0.29) is 6.04 Å². The van der Waals surface area contributed by atoms with Crippen LogP contribution in [-0.4, -0.2) is 53.6 Å². The monoisotopic (exact) mass is 465 g/mol. The normalized spacial score (nSPS) is 23.2. The van der Waals surface area contributed by atoms with E-state index in [2.05, 4.69) is 15.0 Å². The molecule has 0 radical (unpaired) electrons. The third-order valence-corrected chi connectivity index (χ3v) is 7.32. The molecule has 1 unspecified atom stereocenters. The van der Waals surface area contributed by atoms with Crippen LogP contribution in [0.1, 0.15) is 39.5 Å². The molecule has 0 amide bonds. The lowest BCUT2D eigenvalue weighted by atomic mass is 9.98. The summed E-state index contributed by atoms with van der Waals surface area (Å²) in [4.78, 5) is 15.5. The first-order valence-electron chi connectivity index (χ1n) is 11.5. The highest BCUT2D eigenvalue weighted by Crippen LogP contribution is 2.40. The lowest BCUT2D eigenvalue weighted by Crippen LogP contribution is -2.47. The lowest BCUT2D eigenvalue weighted by Gasteiger charge is -2.38. The molecule has 0 saturated carbocycles. The topological polar surface area (TPSA) is 109 Å². The molecular weight excluding hydrogens is 438 g/mol. The smallest absolute Gasteiger partial charge is 0.159 e. The minimum absolute atomic E-state index is 0.289. The Balaban J connectivity index is 1.37. The number of aliphatic hydroxyl groups is 1. The van der Waals surface area contributed by atoms with Gasteiger partial charge in [0.05, 0.1) is 28.9 Å². The summed E-state index contributed by atoms with van der Waals surface area (Å²) in [5.41, 5.74) is 9.51. The van der Waals surface area contributed by atoms with E-state index in [0.29, 0.717) is 23.7 Å². The van der Waals surface area contributed by atoms with E-state index in [0.717, 1.165) is 51.9 Å². The van der Waals surface area contributed by atoms with Crippen molar-refractivity contribution in [2.24, 2.45) is 5.73 Å². The number of hydrogen-bond donors (Lipinski definition) is 3. The predicted octanol–water partition coefficient (Wildman–Crippen LogP) is 3.86. The molecule has 2 aliphatic rings. The van der Waals surface area contributed by atoms with Gasteiger partial charge in [0, 0.05) is 47.0 Å². The molecule has 8 nitrogen and oxygen atoms in total. The predicted molar refractivity (Wildman–Crippen MR) is 130 cm³/mol. The molecular formula is C24H28ClN7O. The molecule has 0 aliphatic carbocycles. The zero-order valence-electron chi connectivity index (χ0n) is 18.8. The van der Waals surface area contributed by atoms with Gasteiger partial charge >= 0.3 is 0 Å². The Hall–Kier alpha value is -2.68. The third-order valence-electron chi connectivity index (χ3n) is 6.91. The van der Waals surface area contributed by atoms with Crippen molar-refractivity contribution in [2.75, 3.05) is 4.90 Å². The number of nitrogens with zero attached hydrogens (tertiary/aromatic N) is 5. The van der Waals surface area contributed by atoms with E-state index < -0.39 is 5.60 Å². The van der Waals surface area contributed by atoms with Gasteiger partial charge in [-0.25, -0.2) is 9.97 Å². The van der Waals surface area contributed by atoms with Crippen molar-refractivity contribution >= 4 is 39.5 Å². The second-order valence-electron chi connectivity index (χ2n) is 10.2. The van der Waals surface area contributed by atoms with Gasteiger partial charge in [0.25, 0.3) is 0 Å². The number of fused-ring (bicyclic) bond motifs is 4. The summed E-state index contributed by atoms with van der Waals surface area (Å²) in [5.74, 6) is 0.921. The van der Waals surface area contributed by atoms with Crippen molar-refractivity contribution in [1.29, 1.82) is 0 Å². The SMILES string of the molecule is CC(C)(O)Cn1cc2c(Cl)c(-c3c[nH]c4nc(N5[C@@H]6CC[C@H]5CC(N)C6)cnc34)ccc2n1. The number of piperidine rings is 1. The highest BCUT2D eigenvalue weighted by atomic mass is 35.5. The van der Waals surface area contributed by atoms with E-state index >= 15 is 0 Å². The van der Waals surface area contributed by atoms with Gasteiger partial charge < -0.3 is 20.7 Å². The van der Waals surface area contributed by atoms with Crippen molar-refractivity contribution in [3.63, 3.8) is 0 Å². The molecule has 3 atom stereocenters. The number of hydrogen-bond acceptors (Lipinski definition) is 6. The number of nitrogens with two attached hydrogens (primary N) is 1. The number of benzene rings is 1. The van der Waals surface area contributed by atoms with Crippen LogP contribution in [0.3, 0.4) is 0 Å². The maximum atomic E-state index is 10.1. The van der Waals surface area contributed by atoms with Gasteiger partial charge in [-0.1, -0.05) is 17.7 Å². The fraction of sp³-hybridized carbons (Fsp3) is 0.458. The maximum Gasteiger partial charge on any atom is 0.159 e. The lowest BCUT2D eigenvalue weighted by molar-refractivity contribution is 0.0580. The van der Waals surface area contributed by atoms with Crippen molar-refractivity contribution in [2.45, 2.75) is 69.8 Å². The third kappa shape index (κ3) is 3.57. The molecule has 1 aromatic carbocycles. The first kappa shape index (κ1) is 20.9. The highest BCUT2D eigenvalue weighted by Gasteiger charge is 2.40. The fourth-order valence-electron chi connectivity index (χ4n) is 5.60. The average molecular weight is 466 g/mol. The average Bonchev–Trinajstić information content (AvgIpc) is 3.41. The van der Waals surface area contributed by atoms with E-state index in [1.54, 1.807) is 18.5 Å². The second-order valence-corrected chi connectivity index (χ2v) is 10.5. The van der Waals surface area contributed by atoms with Crippen LogP contribution >= 0.6 is 11.6 Å². The summed E-state index contributed by atoms with van der Waals surface area (Å²) in [7, 11) is 0. The minimum atomic E-state index is -0.861. The van der Waals surface area contributed by atoms with E-state index in [9.17, 15) is 5.11 Å². The molecule has 2 aliphatic heterocycles. The summed E-state index contributed by atoms with van der Waals surface area (Å²) >= 11 is 6.83. The fourth-order valence-corrected chi connectivity index (χ4v) is 5.91. The molecule has 2 fully saturated rings. The van der Waals surface area contributed by atoms with Gasteiger partial charge in [0.15, 0.2) is 5.65 Å². The molecule has 172 valence electrons. The number of rotatable bonds is 4.